The topological polar surface area (TPSA) is 118 Å². The van der Waals surface area contributed by atoms with Crippen LogP contribution in [0.4, 0.5) is 13.2 Å². The minimum absolute atomic E-state index is 0.0956. The fraction of sp³-hybridized carbons (Fsp3) is 0.542. The van der Waals surface area contributed by atoms with Gasteiger partial charge in [-0.15, -0.1) is 0 Å². The molecule has 4 atom stereocenters. The Labute approximate surface area is 200 Å². The van der Waals surface area contributed by atoms with Gasteiger partial charge in [0.05, 0.1) is 23.6 Å². The highest BCUT2D eigenvalue weighted by atomic mass is 19.4. The normalized spacial score (nSPS) is 22.9. The van der Waals surface area contributed by atoms with Crippen molar-refractivity contribution < 1.29 is 42.9 Å². The smallest absolute Gasteiger partial charge is 0.417 e. The first kappa shape index (κ1) is 26.7. The largest absolute Gasteiger partial charge is 0.508 e. The van der Waals surface area contributed by atoms with Crippen LogP contribution in [0.2, 0.25) is 0 Å². The Kier molecular flexibility index (Phi) is 7.33. The average molecular weight is 498 g/mol. The molecule has 192 valence electrons. The second-order valence-corrected chi connectivity index (χ2v) is 9.33. The van der Waals surface area contributed by atoms with Gasteiger partial charge >= 0.3 is 12.1 Å². The summed E-state index contributed by atoms with van der Waals surface area (Å²) >= 11 is 0. The Morgan fingerprint density at radius 3 is 2.43 bits per heavy atom. The van der Waals surface area contributed by atoms with Crippen LogP contribution in [-0.2, 0) is 15.8 Å². The Bertz CT molecular complexity index is 1080. The number of benzene rings is 1. The number of halogens is 3. The number of carbonyl (C=O) groups excluding carboxylic acids is 2. The molecule has 35 heavy (non-hydrogen) atoms. The molecule has 2 heterocycles. The predicted molar refractivity (Wildman–Crippen MR) is 119 cm³/mol. The van der Waals surface area contributed by atoms with E-state index in [9.17, 15) is 42.9 Å². The molecule has 0 aromatic heterocycles. The number of fused-ring (bicyclic) bond motifs is 1. The highest BCUT2D eigenvalue weighted by molar-refractivity contribution is 6.00. The fourth-order valence-electron chi connectivity index (χ4n) is 5.17. The molecular formula is C24H29F3N2O6. The van der Waals surface area contributed by atoms with Crippen LogP contribution in [0.1, 0.15) is 48.2 Å². The summed E-state index contributed by atoms with van der Waals surface area (Å²) in [6.45, 7) is 4.89. The average Bonchev–Trinajstić information content (AvgIpc) is 2.97. The van der Waals surface area contributed by atoms with Crippen molar-refractivity contribution in [2.45, 2.75) is 51.9 Å². The van der Waals surface area contributed by atoms with Crippen molar-refractivity contribution in [1.29, 1.82) is 0 Å². The van der Waals surface area contributed by atoms with Gasteiger partial charge in [0, 0.05) is 30.0 Å². The Hall–Kier alpha value is -2.92. The molecule has 2 aliphatic heterocycles. The third-order valence-corrected chi connectivity index (χ3v) is 6.92. The number of aliphatic hydroxyl groups is 1. The number of carboxylic acid groups (broad SMARTS) is 1. The van der Waals surface area contributed by atoms with Crippen LogP contribution in [0, 0.1) is 18.8 Å². The number of phenolic OH excluding ortho intramolecular Hbond substituents is 1. The van der Waals surface area contributed by atoms with Crippen molar-refractivity contribution in [2.24, 2.45) is 11.8 Å². The third-order valence-electron chi connectivity index (χ3n) is 6.92. The van der Waals surface area contributed by atoms with Gasteiger partial charge in [0.2, 0.25) is 5.91 Å². The zero-order valence-electron chi connectivity index (χ0n) is 19.9. The number of hydrogen-bond donors (Lipinski definition) is 3. The van der Waals surface area contributed by atoms with Gasteiger partial charge in [0.1, 0.15) is 11.4 Å². The zero-order chi connectivity index (χ0) is 26.4. The fourth-order valence-corrected chi connectivity index (χ4v) is 5.17. The number of nitrogens with zero attached hydrogens (tertiary/aromatic N) is 2. The van der Waals surface area contributed by atoms with E-state index < -0.39 is 64.3 Å². The molecule has 0 bridgehead atoms. The summed E-state index contributed by atoms with van der Waals surface area (Å²) in [6, 6.07) is 1.61. The minimum Gasteiger partial charge on any atom is -0.508 e. The SMILES string of the molecule is Cc1c(O)ccc(C(=O)CCCN(C)CC2=C(C(=O)O)N3C(=O)[C@H]([C@@H](C)O)[C@H]3[C@H]2C)c1C(F)(F)F. The van der Waals surface area contributed by atoms with Gasteiger partial charge in [-0.2, -0.15) is 13.2 Å². The van der Waals surface area contributed by atoms with E-state index in [4.69, 9.17) is 0 Å². The summed E-state index contributed by atoms with van der Waals surface area (Å²) in [7, 11) is 1.69. The minimum atomic E-state index is -4.79. The summed E-state index contributed by atoms with van der Waals surface area (Å²) < 4.78 is 40.4. The molecule has 0 spiro atoms. The van der Waals surface area contributed by atoms with Gasteiger partial charge in [-0.3, -0.25) is 9.59 Å². The van der Waals surface area contributed by atoms with E-state index in [2.05, 4.69) is 0 Å². The number of carboxylic acids is 1. The molecule has 2 aliphatic rings. The molecule has 0 unspecified atom stereocenters. The number of carbonyl (C=O) groups is 3. The number of phenols is 1. The molecule has 0 saturated carbocycles. The van der Waals surface area contributed by atoms with E-state index in [1.54, 1.807) is 18.9 Å². The van der Waals surface area contributed by atoms with E-state index >= 15 is 0 Å². The second kappa shape index (κ2) is 9.62. The molecule has 3 rings (SSSR count). The van der Waals surface area contributed by atoms with E-state index in [1.807, 2.05) is 0 Å². The van der Waals surface area contributed by atoms with Gasteiger partial charge < -0.3 is 25.1 Å². The van der Waals surface area contributed by atoms with Crippen LogP contribution in [-0.4, -0.2) is 75.1 Å². The van der Waals surface area contributed by atoms with E-state index in [0.29, 0.717) is 12.1 Å². The first-order valence-corrected chi connectivity index (χ1v) is 11.3. The number of likely N-dealkylation sites (N-methyl/N-ethyl adjacent to an activating group) is 1. The quantitative estimate of drug-likeness (QED) is 0.354. The summed E-state index contributed by atoms with van der Waals surface area (Å²) in [4.78, 5) is 39.9. The predicted octanol–water partition coefficient (Wildman–Crippen LogP) is 2.81. The molecule has 1 aromatic rings. The first-order valence-electron chi connectivity index (χ1n) is 11.3. The number of ketones is 1. The lowest BCUT2D eigenvalue weighted by Crippen LogP contribution is -2.63. The van der Waals surface area contributed by atoms with Crippen molar-refractivity contribution in [1.82, 2.24) is 9.80 Å². The Morgan fingerprint density at radius 1 is 1.26 bits per heavy atom. The summed E-state index contributed by atoms with van der Waals surface area (Å²) in [6.07, 6.45) is -5.65. The third kappa shape index (κ3) is 4.79. The van der Waals surface area contributed by atoms with Crippen molar-refractivity contribution >= 4 is 17.7 Å². The molecular weight excluding hydrogens is 469 g/mol. The number of hydrogen-bond acceptors (Lipinski definition) is 6. The van der Waals surface area contributed by atoms with Gasteiger partial charge in [0.25, 0.3) is 0 Å². The highest BCUT2D eigenvalue weighted by Gasteiger charge is 2.59. The van der Waals surface area contributed by atoms with Crippen LogP contribution < -0.4 is 0 Å². The summed E-state index contributed by atoms with van der Waals surface area (Å²) in [5, 5.41) is 29.3. The maximum atomic E-state index is 13.5. The van der Waals surface area contributed by atoms with Crippen molar-refractivity contribution in [3.05, 3.63) is 40.1 Å². The first-order chi connectivity index (χ1) is 16.2. The van der Waals surface area contributed by atoms with Crippen LogP contribution in [0.3, 0.4) is 0 Å². The van der Waals surface area contributed by atoms with Crippen molar-refractivity contribution in [3.63, 3.8) is 0 Å². The van der Waals surface area contributed by atoms with Gasteiger partial charge in [-0.25, -0.2) is 4.79 Å². The standard InChI is InChI=1S/C24H29F3N2O6/c1-11-15(21(23(34)35)29-20(11)18(13(3)30)22(29)33)10-28(4)9-5-6-17(32)14-7-8-16(31)12(2)19(14)24(25,26)27/h7-8,11,13,18,20,30-31H,5-6,9-10H2,1-4H3,(H,34,35)/t11-,13+,18+,20+/m0/s1. The Morgan fingerprint density at radius 2 is 1.89 bits per heavy atom. The van der Waals surface area contributed by atoms with Crippen LogP contribution >= 0.6 is 0 Å². The molecule has 1 fully saturated rings. The zero-order valence-corrected chi connectivity index (χ0v) is 19.9. The molecule has 1 aromatic carbocycles. The lowest BCUT2D eigenvalue weighted by atomic mass is 9.77. The lowest BCUT2D eigenvalue weighted by Gasteiger charge is -2.46. The number of aromatic hydroxyl groups is 1. The Balaban J connectivity index is 1.67. The summed E-state index contributed by atoms with van der Waals surface area (Å²) in [5.41, 5.74) is -1.61. The maximum absolute atomic E-state index is 13.5. The number of amides is 1. The molecule has 3 N–H and O–H groups in total. The number of Topliss-reactive ketones (excluding diaryl/α,β-unsaturated/α-hetero) is 1. The number of aliphatic carboxylic acids is 1. The monoisotopic (exact) mass is 498 g/mol. The van der Waals surface area contributed by atoms with E-state index in [0.717, 1.165) is 19.1 Å². The van der Waals surface area contributed by atoms with Crippen LogP contribution in [0.15, 0.2) is 23.4 Å². The van der Waals surface area contributed by atoms with Gasteiger partial charge in [0.15, 0.2) is 5.78 Å². The van der Waals surface area contributed by atoms with E-state index in [-0.39, 0.29) is 31.0 Å². The van der Waals surface area contributed by atoms with Gasteiger partial charge in [-0.1, -0.05) is 6.92 Å². The number of rotatable bonds is 9. The highest BCUT2D eigenvalue weighted by Crippen LogP contribution is 2.47. The molecule has 1 saturated heterocycles. The van der Waals surface area contributed by atoms with Crippen molar-refractivity contribution in [2.75, 3.05) is 20.1 Å². The van der Waals surface area contributed by atoms with Gasteiger partial charge in [-0.05, 0) is 51.6 Å². The summed E-state index contributed by atoms with van der Waals surface area (Å²) in [5.74, 6) is -3.88. The van der Waals surface area contributed by atoms with Crippen LogP contribution in [0.5, 0.6) is 5.75 Å². The molecule has 0 radical (unpaired) electrons. The molecule has 0 aliphatic carbocycles. The molecule has 1 amide bonds. The number of aliphatic hydroxyl groups excluding tert-OH is 1. The van der Waals surface area contributed by atoms with Crippen molar-refractivity contribution in [3.8, 4) is 5.75 Å². The number of alkyl halides is 3. The lowest BCUT2D eigenvalue weighted by molar-refractivity contribution is -0.163. The van der Waals surface area contributed by atoms with E-state index in [1.165, 1.54) is 11.8 Å². The number of β-lactam (4-membered cyclic amide) rings is 1. The van der Waals surface area contributed by atoms with Crippen LogP contribution in [0.25, 0.3) is 0 Å². The molecule has 11 heteroatoms. The molecule has 8 nitrogen and oxygen atoms in total. The maximum Gasteiger partial charge on any atom is 0.417 e. The second-order valence-electron chi connectivity index (χ2n) is 9.33.